The van der Waals surface area contributed by atoms with Gasteiger partial charge < -0.3 is 16.4 Å². The molecule has 0 saturated carbocycles. The molecule has 4 aromatic rings. The SMILES string of the molecule is Cn1c(N2CCC3(CC2)Cn2nccc2[C@H]3N)nc2n[nH]c(-c3ccnc(N)c3Cl)c2c1=O. The Balaban J connectivity index is 1.34. The average Bonchev–Trinajstić information content (AvgIpc) is 3.50. The highest BCUT2D eigenvalue weighted by atomic mass is 35.5. The second-order valence-electron chi connectivity index (χ2n) is 8.87. The van der Waals surface area contributed by atoms with E-state index in [2.05, 4.69) is 25.2 Å². The smallest absolute Gasteiger partial charge is 0.266 e. The molecule has 0 unspecified atom stereocenters. The van der Waals surface area contributed by atoms with E-state index in [1.54, 1.807) is 30.1 Å². The van der Waals surface area contributed by atoms with Crippen LogP contribution in [0.15, 0.2) is 29.3 Å². The van der Waals surface area contributed by atoms with E-state index < -0.39 is 0 Å². The van der Waals surface area contributed by atoms with Crippen molar-refractivity contribution in [3.05, 3.63) is 45.6 Å². The lowest BCUT2D eigenvalue weighted by molar-refractivity contribution is 0.169. The zero-order valence-corrected chi connectivity index (χ0v) is 18.7. The van der Waals surface area contributed by atoms with Crippen molar-refractivity contribution in [2.45, 2.75) is 25.4 Å². The molecule has 0 radical (unpaired) electrons. The number of piperidine rings is 1. The second-order valence-corrected chi connectivity index (χ2v) is 9.25. The number of aromatic nitrogens is 7. The first-order chi connectivity index (χ1) is 15.9. The number of H-pyrrole nitrogens is 1. The van der Waals surface area contributed by atoms with Crippen molar-refractivity contribution in [2.75, 3.05) is 23.7 Å². The Labute approximate surface area is 193 Å². The maximum Gasteiger partial charge on any atom is 0.266 e. The third-order valence-corrected chi connectivity index (χ3v) is 7.59. The van der Waals surface area contributed by atoms with E-state index in [4.69, 9.17) is 28.1 Å². The molecule has 1 fully saturated rings. The van der Waals surface area contributed by atoms with Crippen LogP contribution in [-0.4, -0.2) is 47.6 Å². The number of hydrogen-bond donors (Lipinski definition) is 3. The van der Waals surface area contributed by atoms with E-state index in [-0.39, 0.29) is 27.9 Å². The van der Waals surface area contributed by atoms with Crippen molar-refractivity contribution in [2.24, 2.45) is 18.2 Å². The number of pyridine rings is 1. The molecule has 0 amide bonds. The summed E-state index contributed by atoms with van der Waals surface area (Å²) in [5, 5.41) is 12.2. The van der Waals surface area contributed by atoms with Gasteiger partial charge in [-0.2, -0.15) is 15.2 Å². The number of anilines is 2. The van der Waals surface area contributed by atoms with E-state index >= 15 is 0 Å². The lowest BCUT2D eigenvalue weighted by Crippen LogP contribution is -2.46. The van der Waals surface area contributed by atoms with Crippen molar-refractivity contribution in [3.8, 4) is 11.3 Å². The van der Waals surface area contributed by atoms with Crippen LogP contribution in [0.4, 0.5) is 11.8 Å². The number of nitrogens with one attached hydrogen (secondary N) is 1. The van der Waals surface area contributed by atoms with Crippen LogP contribution in [0.1, 0.15) is 24.6 Å². The molecule has 170 valence electrons. The van der Waals surface area contributed by atoms with Crippen LogP contribution in [0.5, 0.6) is 0 Å². The molecule has 12 heteroatoms. The average molecular weight is 467 g/mol. The van der Waals surface area contributed by atoms with Crippen molar-refractivity contribution >= 4 is 34.4 Å². The molecule has 5 N–H and O–H groups in total. The minimum absolute atomic E-state index is 0.0133. The topological polar surface area (TPSA) is 150 Å². The van der Waals surface area contributed by atoms with Gasteiger partial charge in [-0.1, -0.05) is 11.6 Å². The van der Waals surface area contributed by atoms with Crippen LogP contribution in [-0.2, 0) is 13.6 Å². The molecule has 2 aliphatic heterocycles. The number of hydrogen-bond acceptors (Lipinski definition) is 8. The number of rotatable bonds is 2. The van der Waals surface area contributed by atoms with Gasteiger partial charge in [0.05, 0.1) is 22.5 Å². The fraction of sp³-hybridized carbons (Fsp3) is 0.381. The Kier molecular flexibility index (Phi) is 4.30. The molecular formula is C21H23ClN10O. The highest BCUT2D eigenvalue weighted by Crippen LogP contribution is 2.47. The molecule has 0 aliphatic carbocycles. The quantitative estimate of drug-likeness (QED) is 0.401. The summed E-state index contributed by atoms with van der Waals surface area (Å²) in [5.41, 5.74) is 14.7. The maximum atomic E-state index is 13.4. The molecule has 11 nitrogen and oxygen atoms in total. The zero-order valence-electron chi connectivity index (χ0n) is 18.0. The van der Waals surface area contributed by atoms with Crippen molar-refractivity contribution in [3.63, 3.8) is 0 Å². The van der Waals surface area contributed by atoms with E-state index in [0.29, 0.717) is 28.2 Å². The van der Waals surface area contributed by atoms with Gasteiger partial charge in [-0.05, 0) is 25.0 Å². The number of nitrogens with two attached hydrogens (primary N) is 2. The molecule has 1 atom stereocenters. The number of nitrogen functional groups attached to an aromatic ring is 1. The summed E-state index contributed by atoms with van der Waals surface area (Å²) >= 11 is 6.34. The minimum Gasteiger partial charge on any atom is -0.382 e. The molecule has 1 saturated heterocycles. The summed E-state index contributed by atoms with van der Waals surface area (Å²) in [6.45, 7) is 2.32. The van der Waals surface area contributed by atoms with E-state index in [1.165, 1.54) is 0 Å². The van der Waals surface area contributed by atoms with Gasteiger partial charge in [0.15, 0.2) is 5.65 Å². The molecule has 1 spiro atoms. The third-order valence-electron chi connectivity index (χ3n) is 7.19. The second kappa shape index (κ2) is 7.03. The van der Waals surface area contributed by atoms with Crippen molar-refractivity contribution < 1.29 is 0 Å². The van der Waals surface area contributed by atoms with Gasteiger partial charge in [-0.25, -0.2) is 4.98 Å². The van der Waals surface area contributed by atoms with Gasteiger partial charge in [-0.15, -0.1) is 0 Å². The lowest BCUT2D eigenvalue weighted by Gasteiger charge is -2.41. The Morgan fingerprint density at radius 1 is 1.24 bits per heavy atom. The standard InChI is InChI=1S/C21H23ClN10O/c1-30-19(33)13-15(11-2-6-25-17(24)14(11)22)28-29-18(13)27-20(30)31-8-4-21(5-9-31)10-32-12(16(21)23)3-7-26-32/h2-3,6-7,16H,4-5,8-10,23H2,1H3,(H2,24,25)(H,28,29)/t16-/m1/s1. The molecule has 6 rings (SSSR count). The molecule has 33 heavy (non-hydrogen) atoms. The Bertz CT molecular complexity index is 1450. The maximum absolute atomic E-state index is 13.4. The van der Waals surface area contributed by atoms with Crippen molar-refractivity contribution in [1.29, 1.82) is 0 Å². The van der Waals surface area contributed by atoms with Gasteiger partial charge in [0.1, 0.15) is 11.2 Å². The Hall–Kier alpha value is -3.44. The predicted octanol–water partition coefficient (Wildman–Crippen LogP) is 1.45. The summed E-state index contributed by atoms with van der Waals surface area (Å²) in [4.78, 5) is 24.2. The van der Waals surface area contributed by atoms with Crippen LogP contribution in [0.2, 0.25) is 5.02 Å². The zero-order chi connectivity index (χ0) is 22.9. The number of halogens is 1. The van der Waals surface area contributed by atoms with E-state index in [9.17, 15) is 4.79 Å². The van der Waals surface area contributed by atoms with Gasteiger partial charge in [-0.3, -0.25) is 19.1 Å². The fourth-order valence-corrected chi connectivity index (χ4v) is 5.45. The van der Waals surface area contributed by atoms with Gasteiger partial charge in [0.25, 0.3) is 5.56 Å². The number of aromatic amines is 1. The molecule has 2 aliphatic rings. The fourth-order valence-electron chi connectivity index (χ4n) is 5.25. The molecular weight excluding hydrogens is 444 g/mol. The van der Waals surface area contributed by atoms with Crippen LogP contribution >= 0.6 is 11.6 Å². The highest BCUT2D eigenvalue weighted by molar-refractivity contribution is 6.35. The molecule has 6 heterocycles. The summed E-state index contributed by atoms with van der Waals surface area (Å²) in [5.74, 6) is 0.776. The highest BCUT2D eigenvalue weighted by Gasteiger charge is 2.47. The lowest BCUT2D eigenvalue weighted by atomic mass is 9.74. The molecule has 4 aromatic heterocycles. The third kappa shape index (κ3) is 2.82. The van der Waals surface area contributed by atoms with Crippen molar-refractivity contribution in [1.82, 2.24) is 34.5 Å². The van der Waals surface area contributed by atoms with Crippen LogP contribution in [0.3, 0.4) is 0 Å². The minimum atomic E-state index is -0.205. The summed E-state index contributed by atoms with van der Waals surface area (Å²) < 4.78 is 3.58. The van der Waals surface area contributed by atoms with E-state index in [0.717, 1.165) is 38.2 Å². The Morgan fingerprint density at radius 3 is 2.79 bits per heavy atom. The molecule has 0 bridgehead atoms. The first kappa shape index (κ1) is 20.2. The largest absolute Gasteiger partial charge is 0.382 e. The predicted molar refractivity (Wildman–Crippen MR) is 125 cm³/mol. The normalized spacial score (nSPS) is 19.5. The van der Waals surface area contributed by atoms with Gasteiger partial charge in [0, 0.05) is 50.1 Å². The number of nitrogens with zero attached hydrogens (tertiary/aromatic N) is 7. The first-order valence-corrected chi connectivity index (χ1v) is 11.1. The van der Waals surface area contributed by atoms with Gasteiger partial charge in [0.2, 0.25) is 5.95 Å². The number of fused-ring (bicyclic) bond motifs is 2. The monoisotopic (exact) mass is 466 g/mol. The van der Waals surface area contributed by atoms with Crippen LogP contribution in [0, 0.1) is 5.41 Å². The summed E-state index contributed by atoms with van der Waals surface area (Å²) in [6, 6.07) is 3.66. The van der Waals surface area contributed by atoms with Gasteiger partial charge >= 0.3 is 0 Å². The summed E-state index contributed by atoms with van der Waals surface area (Å²) in [7, 11) is 1.73. The Morgan fingerprint density at radius 2 is 2.03 bits per heavy atom. The molecule has 0 aromatic carbocycles. The van der Waals surface area contributed by atoms with Crippen LogP contribution in [0.25, 0.3) is 22.3 Å². The van der Waals surface area contributed by atoms with E-state index in [1.807, 2.05) is 10.7 Å². The van der Waals surface area contributed by atoms with Crippen LogP contribution < -0.4 is 21.9 Å². The summed E-state index contributed by atoms with van der Waals surface area (Å²) in [6.07, 6.45) is 5.13. The first-order valence-electron chi connectivity index (χ1n) is 10.8.